The van der Waals surface area contributed by atoms with Gasteiger partial charge in [-0.1, -0.05) is 29.3 Å². The van der Waals surface area contributed by atoms with E-state index in [-0.39, 0.29) is 20.8 Å². The average Bonchev–Trinajstić information content (AvgIpc) is 2.63. The standard InChI is InChI=1S/C18H19Cl2FN2O3S/c19-16-2-1-3-17(20)18(16)27(24,25)23-10-8-22(9-11-23)12-13-26-15-6-4-14(21)5-7-15/h1-7H,8-13H2. The lowest BCUT2D eigenvalue weighted by molar-refractivity contribution is 0.159. The van der Waals surface area contributed by atoms with Gasteiger partial charge < -0.3 is 4.74 Å². The summed E-state index contributed by atoms with van der Waals surface area (Å²) in [5, 5.41) is 0.246. The first-order chi connectivity index (χ1) is 12.9. The molecule has 0 aliphatic carbocycles. The second-order valence-corrected chi connectivity index (χ2v) is 8.79. The van der Waals surface area contributed by atoms with Crippen LogP contribution in [0.4, 0.5) is 4.39 Å². The Morgan fingerprint density at radius 1 is 0.963 bits per heavy atom. The highest BCUT2D eigenvalue weighted by Gasteiger charge is 2.31. The molecular formula is C18H19Cl2FN2O3S. The first kappa shape index (κ1) is 20.4. The Morgan fingerprint density at radius 2 is 1.56 bits per heavy atom. The average molecular weight is 433 g/mol. The molecule has 1 aliphatic rings. The van der Waals surface area contributed by atoms with Crippen LogP contribution in [0.1, 0.15) is 0 Å². The van der Waals surface area contributed by atoms with Gasteiger partial charge >= 0.3 is 0 Å². The minimum absolute atomic E-state index is 0.0403. The lowest BCUT2D eigenvalue weighted by Gasteiger charge is -2.34. The van der Waals surface area contributed by atoms with Crippen LogP contribution < -0.4 is 4.74 Å². The molecule has 1 saturated heterocycles. The minimum atomic E-state index is -3.74. The van der Waals surface area contributed by atoms with Gasteiger partial charge in [-0.25, -0.2) is 12.8 Å². The van der Waals surface area contributed by atoms with Crippen molar-refractivity contribution in [2.45, 2.75) is 4.90 Å². The van der Waals surface area contributed by atoms with Crippen LogP contribution in [0.3, 0.4) is 0 Å². The molecule has 3 rings (SSSR count). The summed E-state index contributed by atoms with van der Waals surface area (Å²) >= 11 is 12.1. The zero-order chi connectivity index (χ0) is 19.4. The lowest BCUT2D eigenvalue weighted by atomic mass is 10.3. The van der Waals surface area contributed by atoms with E-state index in [1.165, 1.54) is 28.6 Å². The van der Waals surface area contributed by atoms with Gasteiger partial charge in [0.2, 0.25) is 10.0 Å². The van der Waals surface area contributed by atoms with Crippen LogP contribution >= 0.6 is 23.2 Å². The molecule has 27 heavy (non-hydrogen) atoms. The Bertz CT molecular complexity index is 866. The number of sulfonamides is 1. The van der Waals surface area contributed by atoms with E-state index in [1.54, 1.807) is 18.2 Å². The molecule has 0 radical (unpaired) electrons. The number of benzene rings is 2. The molecule has 1 heterocycles. The van der Waals surface area contributed by atoms with Crippen LogP contribution in [0, 0.1) is 5.82 Å². The molecule has 146 valence electrons. The minimum Gasteiger partial charge on any atom is -0.492 e. The molecule has 2 aromatic rings. The van der Waals surface area contributed by atoms with E-state index in [0.717, 1.165) is 0 Å². The zero-order valence-electron chi connectivity index (χ0n) is 14.4. The fourth-order valence-corrected chi connectivity index (χ4v) is 5.39. The number of nitrogens with zero attached hydrogens (tertiary/aromatic N) is 2. The van der Waals surface area contributed by atoms with Crippen LogP contribution in [0.5, 0.6) is 5.75 Å². The maximum absolute atomic E-state index is 12.9. The van der Waals surface area contributed by atoms with Gasteiger partial charge in [0, 0.05) is 32.7 Å². The van der Waals surface area contributed by atoms with Crippen molar-refractivity contribution in [2.24, 2.45) is 0 Å². The molecule has 2 aromatic carbocycles. The van der Waals surface area contributed by atoms with Gasteiger partial charge in [-0.05, 0) is 36.4 Å². The smallest absolute Gasteiger partial charge is 0.246 e. The maximum atomic E-state index is 12.9. The van der Waals surface area contributed by atoms with E-state index in [0.29, 0.717) is 45.1 Å². The van der Waals surface area contributed by atoms with Crippen molar-refractivity contribution in [1.29, 1.82) is 0 Å². The molecule has 0 aromatic heterocycles. The summed E-state index contributed by atoms with van der Waals surface area (Å²) in [5.41, 5.74) is 0. The number of rotatable bonds is 6. The molecule has 0 unspecified atom stereocenters. The van der Waals surface area contributed by atoms with Crippen molar-refractivity contribution >= 4 is 33.2 Å². The highest BCUT2D eigenvalue weighted by molar-refractivity contribution is 7.89. The molecule has 1 fully saturated rings. The van der Waals surface area contributed by atoms with Crippen LogP contribution in [0.25, 0.3) is 0 Å². The Balaban J connectivity index is 1.53. The van der Waals surface area contributed by atoms with E-state index < -0.39 is 10.0 Å². The number of hydrogen-bond donors (Lipinski definition) is 0. The van der Waals surface area contributed by atoms with Crippen molar-refractivity contribution in [3.8, 4) is 5.75 Å². The molecule has 5 nitrogen and oxygen atoms in total. The monoisotopic (exact) mass is 432 g/mol. The predicted molar refractivity (Wildman–Crippen MR) is 104 cm³/mol. The van der Waals surface area contributed by atoms with Gasteiger partial charge in [0.15, 0.2) is 0 Å². The molecular weight excluding hydrogens is 414 g/mol. The summed E-state index contributed by atoms with van der Waals surface area (Å²) in [7, 11) is -3.74. The molecule has 0 spiro atoms. The molecule has 0 atom stereocenters. The summed E-state index contributed by atoms with van der Waals surface area (Å²) in [4.78, 5) is 2.07. The molecule has 0 saturated carbocycles. The lowest BCUT2D eigenvalue weighted by Crippen LogP contribution is -2.49. The van der Waals surface area contributed by atoms with Crippen LogP contribution in [-0.4, -0.2) is 57.0 Å². The summed E-state index contributed by atoms with van der Waals surface area (Å²) in [6, 6.07) is 10.5. The number of halogens is 3. The largest absolute Gasteiger partial charge is 0.492 e. The summed E-state index contributed by atoms with van der Waals surface area (Å²) in [6.45, 7) is 2.94. The first-order valence-electron chi connectivity index (χ1n) is 8.43. The van der Waals surface area contributed by atoms with Crippen molar-refractivity contribution in [3.05, 3.63) is 58.3 Å². The second kappa shape index (κ2) is 8.75. The first-order valence-corrected chi connectivity index (χ1v) is 10.6. The SMILES string of the molecule is O=S(=O)(c1c(Cl)cccc1Cl)N1CCN(CCOc2ccc(F)cc2)CC1. The number of ether oxygens (including phenoxy) is 1. The van der Waals surface area contributed by atoms with Crippen LogP contribution in [0.2, 0.25) is 10.0 Å². The normalized spacial score (nSPS) is 16.4. The van der Waals surface area contributed by atoms with E-state index in [2.05, 4.69) is 4.90 Å². The van der Waals surface area contributed by atoms with Gasteiger partial charge in [0.05, 0.1) is 10.0 Å². The topological polar surface area (TPSA) is 49.9 Å². The van der Waals surface area contributed by atoms with E-state index in [1.807, 2.05) is 0 Å². The Morgan fingerprint density at radius 3 is 2.15 bits per heavy atom. The highest BCUT2D eigenvalue weighted by atomic mass is 35.5. The number of piperazine rings is 1. The van der Waals surface area contributed by atoms with Gasteiger partial charge in [-0.15, -0.1) is 0 Å². The van der Waals surface area contributed by atoms with Gasteiger partial charge in [-0.3, -0.25) is 4.90 Å². The summed E-state index contributed by atoms with van der Waals surface area (Å²) < 4.78 is 45.5. The third-order valence-corrected chi connectivity index (χ3v) is 7.19. The molecule has 0 bridgehead atoms. The van der Waals surface area contributed by atoms with Gasteiger partial charge in [0.1, 0.15) is 23.1 Å². The van der Waals surface area contributed by atoms with Crippen molar-refractivity contribution < 1.29 is 17.5 Å². The zero-order valence-corrected chi connectivity index (χ0v) is 16.8. The predicted octanol–water partition coefficient (Wildman–Crippen LogP) is 3.52. The Labute approximate surface area is 168 Å². The van der Waals surface area contributed by atoms with Crippen molar-refractivity contribution in [3.63, 3.8) is 0 Å². The van der Waals surface area contributed by atoms with E-state index in [4.69, 9.17) is 27.9 Å². The maximum Gasteiger partial charge on any atom is 0.246 e. The third kappa shape index (κ3) is 4.92. The summed E-state index contributed by atoms with van der Waals surface area (Å²) in [6.07, 6.45) is 0. The highest BCUT2D eigenvalue weighted by Crippen LogP contribution is 2.31. The molecule has 9 heteroatoms. The quantitative estimate of drug-likeness (QED) is 0.700. The molecule has 0 amide bonds. The second-order valence-electron chi connectivity index (χ2n) is 6.10. The van der Waals surface area contributed by atoms with Gasteiger partial charge in [0.25, 0.3) is 0 Å². The Kier molecular flexibility index (Phi) is 6.60. The summed E-state index contributed by atoms with van der Waals surface area (Å²) in [5.74, 6) is 0.296. The fourth-order valence-electron chi connectivity index (χ4n) is 2.87. The van der Waals surface area contributed by atoms with E-state index in [9.17, 15) is 12.8 Å². The van der Waals surface area contributed by atoms with E-state index >= 15 is 0 Å². The van der Waals surface area contributed by atoms with Crippen LogP contribution in [-0.2, 0) is 10.0 Å². The number of hydrogen-bond acceptors (Lipinski definition) is 4. The van der Waals surface area contributed by atoms with Crippen LogP contribution in [0.15, 0.2) is 47.4 Å². The molecule has 1 aliphatic heterocycles. The Hall–Kier alpha value is -1.38. The van der Waals surface area contributed by atoms with Gasteiger partial charge in [-0.2, -0.15) is 4.31 Å². The fraction of sp³-hybridized carbons (Fsp3) is 0.333. The third-order valence-electron chi connectivity index (χ3n) is 4.34. The van der Waals surface area contributed by atoms with Crippen molar-refractivity contribution in [2.75, 3.05) is 39.3 Å². The molecule has 0 N–H and O–H groups in total. The van der Waals surface area contributed by atoms with Crippen molar-refractivity contribution in [1.82, 2.24) is 9.21 Å².